The van der Waals surface area contributed by atoms with E-state index in [1.54, 1.807) is 13.0 Å². The van der Waals surface area contributed by atoms with Crippen LogP contribution in [-0.4, -0.2) is 20.7 Å². The average molecular weight is 308 g/mol. The van der Waals surface area contributed by atoms with Crippen LogP contribution in [0.25, 0.3) is 0 Å². The van der Waals surface area contributed by atoms with Gasteiger partial charge in [-0.25, -0.2) is 12.8 Å². The topological polar surface area (TPSA) is 37.4 Å². The van der Waals surface area contributed by atoms with Crippen molar-refractivity contribution in [1.82, 2.24) is 0 Å². The molecule has 0 aliphatic carbocycles. The van der Waals surface area contributed by atoms with Crippen molar-refractivity contribution in [2.24, 2.45) is 0 Å². The van der Waals surface area contributed by atoms with Crippen LogP contribution in [0.5, 0.6) is 0 Å². The van der Waals surface area contributed by atoms with Gasteiger partial charge in [0.1, 0.15) is 5.82 Å². The SMILES string of the molecule is CCS(=O)(=O)N1CCc2cc(Br)cc(F)c21. The Bertz CT molecular complexity index is 530. The zero-order valence-corrected chi connectivity index (χ0v) is 11.1. The first-order chi connectivity index (χ1) is 7.45. The van der Waals surface area contributed by atoms with Crippen LogP contribution in [0.1, 0.15) is 12.5 Å². The first-order valence-corrected chi connectivity index (χ1v) is 7.34. The molecule has 1 aliphatic rings. The highest BCUT2D eigenvalue weighted by atomic mass is 79.9. The molecule has 0 bridgehead atoms. The lowest BCUT2D eigenvalue weighted by Gasteiger charge is -2.18. The summed E-state index contributed by atoms with van der Waals surface area (Å²) in [5.74, 6) is -0.499. The fourth-order valence-corrected chi connectivity index (χ4v) is 3.50. The largest absolute Gasteiger partial charge is 0.267 e. The molecule has 1 aromatic carbocycles. The highest BCUT2D eigenvalue weighted by Crippen LogP contribution is 2.35. The standard InChI is InChI=1S/C10H11BrFNO2S/c1-2-16(14,15)13-4-3-7-5-8(11)6-9(12)10(7)13/h5-6H,2-4H2,1H3. The summed E-state index contributed by atoms with van der Waals surface area (Å²) in [5, 5.41) is 0. The first kappa shape index (κ1) is 11.9. The third-order valence-corrected chi connectivity index (χ3v) is 4.87. The van der Waals surface area contributed by atoms with Crippen LogP contribution in [0.2, 0.25) is 0 Å². The van der Waals surface area contributed by atoms with E-state index in [4.69, 9.17) is 0 Å². The van der Waals surface area contributed by atoms with Gasteiger partial charge in [-0.15, -0.1) is 0 Å². The van der Waals surface area contributed by atoms with Gasteiger partial charge in [0.05, 0.1) is 11.4 Å². The zero-order chi connectivity index (χ0) is 11.9. The number of benzene rings is 1. The number of fused-ring (bicyclic) bond motifs is 1. The molecule has 6 heteroatoms. The second-order valence-corrected chi connectivity index (χ2v) is 6.72. The lowest BCUT2D eigenvalue weighted by atomic mass is 10.2. The number of halogens is 2. The Morgan fingerprint density at radius 3 is 2.81 bits per heavy atom. The predicted octanol–water partition coefficient (Wildman–Crippen LogP) is 2.30. The fraction of sp³-hybridized carbons (Fsp3) is 0.400. The summed E-state index contributed by atoms with van der Waals surface area (Å²) >= 11 is 3.20. The third kappa shape index (κ3) is 1.84. The molecule has 1 heterocycles. The summed E-state index contributed by atoms with van der Waals surface area (Å²) < 4.78 is 39.0. The molecule has 88 valence electrons. The van der Waals surface area contributed by atoms with Crippen LogP contribution >= 0.6 is 15.9 Å². The summed E-state index contributed by atoms with van der Waals surface area (Å²) in [6.45, 7) is 1.89. The maximum absolute atomic E-state index is 13.7. The van der Waals surface area contributed by atoms with Gasteiger partial charge in [-0.2, -0.15) is 0 Å². The predicted molar refractivity (Wildman–Crippen MR) is 64.6 cm³/mol. The van der Waals surface area contributed by atoms with E-state index in [9.17, 15) is 12.8 Å². The van der Waals surface area contributed by atoms with Crippen molar-refractivity contribution < 1.29 is 12.8 Å². The Hall–Kier alpha value is -0.620. The van der Waals surface area contributed by atoms with E-state index in [0.717, 1.165) is 5.56 Å². The Morgan fingerprint density at radius 1 is 1.50 bits per heavy atom. The Kier molecular flexibility index (Phi) is 2.96. The Balaban J connectivity index is 2.56. The lowest BCUT2D eigenvalue weighted by molar-refractivity contribution is 0.589. The van der Waals surface area contributed by atoms with Crippen LogP contribution in [0, 0.1) is 5.82 Å². The molecule has 2 rings (SSSR count). The zero-order valence-electron chi connectivity index (χ0n) is 8.70. The fourth-order valence-electron chi connectivity index (χ4n) is 1.86. The Morgan fingerprint density at radius 2 is 2.19 bits per heavy atom. The third-order valence-electron chi connectivity index (χ3n) is 2.64. The van der Waals surface area contributed by atoms with Crippen molar-refractivity contribution in [3.63, 3.8) is 0 Å². The van der Waals surface area contributed by atoms with Gasteiger partial charge >= 0.3 is 0 Å². The van der Waals surface area contributed by atoms with Crippen molar-refractivity contribution >= 4 is 31.6 Å². The van der Waals surface area contributed by atoms with Crippen molar-refractivity contribution in [2.75, 3.05) is 16.6 Å². The van der Waals surface area contributed by atoms with E-state index in [2.05, 4.69) is 15.9 Å². The van der Waals surface area contributed by atoms with E-state index in [-0.39, 0.29) is 11.4 Å². The second-order valence-electron chi connectivity index (χ2n) is 3.62. The van der Waals surface area contributed by atoms with Crippen LogP contribution in [0.4, 0.5) is 10.1 Å². The van der Waals surface area contributed by atoms with Crippen LogP contribution in [-0.2, 0) is 16.4 Å². The summed E-state index contributed by atoms with van der Waals surface area (Å²) in [6, 6.07) is 3.06. The summed E-state index contributed by atoms with van der Waals surface area (Å²) in [6.07, 6.45) is 0.560. The maximum Gasteiger partial charge on any atom is 0.234 e. The number of nitrogens with zero attached hydrogens (tertiary/aromatic N) is 1. The highest BCUT2D eigenvalue weighted by molar-refractivity contribution is 9.10. The van der Waals surface area contributed by atoms with Crippen LogP contribution in [0.3, 0.4) is 0 Å². The van der Waals surface area contributed by atoms with E-state index in [0.29, 0.717) is 17.4 Å². The van der Waals surface area contributed by atoms with E-state index in [1.165, 1.54) is 10.4 Å². The molecule has 0 fully saturated rings. The van der Waals surface area contributed by atoms with Gasteiger partial charge in [0.15, 0.2) is 0 Å². The minimum Gasteiger partial charge on any atom is -0.267 e. The molecule has 16 heavy (non-hydrogen) atoms. The normalized spacial score (nSPS) is 15.3. The molecule has 1 aliphatic heterocycles. The van der Waals surface area contributed by atoms with Crippen molar-refractivity contribution in [2.45, 2.75) is 13.3 Å². The molecule has 0 radical (unpaired) electrons. The number of hydrogen-bond donors (Lipinski definition) is 0. The molecule has 0 atom stereocenters. The number of hydrogen-bond acceptors (Lipinski definition) is 2. The molecule has 0 spiro atoms. The second kappa shape index (κ2) is 4.00. The molecule has 0 saturated heterocycles. The molecule has 0 N–H and O–H groups in total. The van der Waals surface area contributed by atoms with E-state index < -0.39 is 15.8 Å². The van der Waals surface area contributed by atoms with Gasteiger partial charge in [-0.3, -0.25) is 4.31 Å². The molecule has 0 saturated carbocycles. The molecule has 0 unspecified atom stereocenters. The van der Waals surface area contributed by atoms with Gasteiger partial charge in [-0.05, 0) is 31.0 Å². The van der Waals surface area contributed by atoms with Gasteiger partial charge in [-0.1, -0.05) is 15.9 Å². The van der Waals surface area contributed by atoms with E-state index >= 15 is 0 Å². The molecule has 0 amide bonds. The molecule has 0 aromatic heterocycles. The number of anilines is 1. The first-order valence-electron chi connectivity index (χ1n) is 4.94. The quantitative estimate of drug-likeness (QED) is 0.841. The minimum atomic E-state index is -3.37. The number of sulfonamides is 1. The van der Waals surface area contributed by atoms with Crippen LogP contribution < -0.4 is 4.31 Å². The maximum atomic E-state index is 13.7. The molecule has 1 aromatic rings. The van der Waals surface area contributed by atoms with E-state index in [1.807, 2.05) is 0 Å². The van der Waals surface area contributed by atoms with Gasteiger partial charge in [0.2, 0.25) is 10.0 Å². The van der Waals surface area contributed by atoms with Crippen molar-refractivity contribution in [3.05, 3.63) is 28.0 Å². The summed E-state index contributed by atoms with van der Waals surface area (Å²) in [4.78, 5) is 0. The average Bonchev–Trinajstić information content (AvgIpc) is 2.62. The Labute approximate surface area is 102 Å². The highest BCUT2D eigenvalue weighted by Gasteiger charge is 2.31. The van der Waals surface area contributed by atoms with Crippen molar-refractivity contribution in [1.29, 1.82) is 0 Å². The van der Waals surface area contributed by atoms with Gasteiger partial charge in [0, 0.05) is 11.0 Å². The summed E-state index contributed by atoms with van der Waals surface area (Å²) in [5.41, 5.74) is 0.953. The van der Waals surface area contributed by atoms with Crippen molar-refractivity contribution in [3.8, 4) is 0 Å². The minimum absolute atomic E-state index is 0.0120. The summed E-state index contributed by atoms with van der Waals surface area (Å²) in [7, 11) is -3.37. The smallest absolute Gasteiger partial charge is 0.234 e. The molecular formula is C10H11BrFNO2S. The molecule has 3 nitrogen and oxygen atoms in total. The number of rotatable bonds is 2. The monoisotopic (exact) mass is 307 g/mol. The van der Waals surface area contributed by atoms with Gasteiger partial charge < -0.3 is 0 Å². The van der Waals surface area contributed by atoms with Gasteiger partial charge in [0.25, 0.3) is 0 Å². The lowest BCUT2D eigenvalue weighted by Crippen LogP contribution is -2.31. The van der Waals surface area contributed by atoms with Crippen LogP contribution in [0.15, 0.2) is 16.6 Å². The molecular weight excluding hydrogens is 297 g/mol.